The van der Waals surface area contributed by atoms with E-state index in [4.69, 9.17) is 16.3 Å². The van der Waals surface area contributed by atoms with Gasteiger partial charge in [-0.25, -0.2) is 0 Å². The minimum absolute atomic E-state index is 0.0331. The van der Waals surface area contributed by atoms with E-state index in [-0.39, 0.29) is 18.4 Å². The summed E-state index contributed by atoms with van der Waals surface area (Å²) in [6.07, 6.45) is 0. The largest absolute Gasteiger partial charge is 0.455 e. The Balaban J connectivity index is 2.00. The molecule has 2 aromatic carbocycles. The van der Waals surface area contributed by atoms with E-state index >= 15 is 0 Å². The summed E-state index contributed by atoms with van der Waals surface area (Å²) in [6, 6.07) is 12.9. The number of carbonyl (C=O) groups is 2. The first kappa shape index (κ1) is 20.0. The van der Waals surface area contributed by atoms with Crippen molar-refractivity contribution in [2.75, 3.05) is 11.9 Å². The van der Waals surface area contributed by atoms with Crippen molar-refractivity contribution in [1.82, 2.24) is 0 Å². The first-order valence-electron chi connectivity index (χ1n) is 8.57. The van der Waals surface area contributed by atoms with Gasteiger partial charge in [0.2, 0.25) is 0 Å². The summed E-state index contributed by atoms with van der Waals surface area (Å²) in [6.45, 7) is 7.43. The van der Waals surface area contributed by atoms with Crippen LogP contribution in [0.2, 0.25) is 5.02 Å². The smallest absolute Gasteiger partial charge is 0.314 e. The van der Waals surface area contributed by atoms with Crippen LogP contribution in [0, 0.1) is 19.8 Å². The van der Waals surface area contributed by atoms with Gasteiger partial charge < -0.3 is 10.1 Å². The molecule has 2 aromatic rings. The molecule has 0 radical (unpaired) electrons. The number of benzene rings is 2. The monoisotopic (exact) mass is 373 g/mol. The minimum Gasteiger partial charge on any atom is -0.455 e. The lowest BCUT2D eigenvalue weighted by Gasteiger charge is -2.20. The number of amides is 1. The maximum atomic E-state index is 12.5. The van der Waals surface area contributed by atoms with Crippen LogP contribution >= 0.6 is 11.6 Å². The number of anilines is 1. The van der Waals surface area contributed by atoms with Gasteiger partial charge >= 0.3 is 5.97 Å². The highest BCUT2D eigenvalue weighted by Crippen LogP contribution is 2.27. The number of nitrogens with one attached hydrogen (secondary N) is 1. The number of carbonyl (C=O) groups excluding carboxylic acids is 2. The van der Waals surface area contributed by atoms with Gasteiger partial charge in [0.1, 0.15) is 0 Å². The second-order valence-corrected chi connectivity index (χ2v) is 7.18. The van der Waals surface area contributed by atoms with Gasteiger partial charge in [0.25, 0.3) is 5.91 Å². The molecule has 1 N–H and O–H groups in total. The predicted molar refractivity (Wildman–Crippen MR) is 105 cm³/mol. The molecule has 0 aliphatic heterocycles. The van der Waals surface area contributed by atoms with Crippen molar-refractivity contribution in [2.24, 2.45) is 5.92 Å². The Hall–Kier alpha value is -2.33. The van der Waals surface area contributed by atoms with Crippen molar-refractivity contribution >= 4 is 29.2 Å². The zero-order valence-electron chi connectivity index (χ0n) is 15.5. The van der Waals surface area contributed by atoms with E-state index < -0.39 is 11.9 Å². The second-order valence-electron chi connectivity index (χ2n) is 6.75. The maximum Gasteiger partial charge on any atom is 0.314 e. The summed E-state index contributed by atoms with van der Waals surface area (Å²) >= 11 is 5.91. The topological polar surface area (TPSA) is 55.4 Å². The second kappa shape index (κ2) is 8.86. The molecule has 0 saturated carbocycles. The van der Waals surface area contributed by atoms with Crippen LogP contribution in [0.25, 0.3) is 0 Å². The number of rotatable bonds is 6. The molecule has 0 bridgehead atoms. The number of halogens is 1. The zero-order valence-corrected chi connectivity index (χ0v) is 16.3. The Bertz CT molecular complexity index is 784. The van der Waals surface area contributed by atoms with E-state index in [2.05, 4.69) is 5.32 Å². The molecule has 1 amide bonds. The fourth-order valence-electron chi connectivity index (χ4n) is 2.75. The molecule has 0 aliphatic carbocycles. The molecule has 1 atom stereocenters. The third-order valence-electron chi connectivity index (χ3n) is 4.16. The van der Waals surface area contributed by atoms with Gasteiger partial charge in [0.15, 0.2) is 6.61 Å². The fraction of sp³-hybridized carbons (Fsp3) is 0.333. The summed E-state index contributed by atoms with van der Waals surface area (Å²) in [4.78, 5) is 24.7. The van der Waals surface area contributed by atoms with Crippen molar-refractivity contribution in [3.05, 3.63) is 64.2 Å². The van der Waals surface area contributed by atoms with Gasteiger partial charge in [-0.05, 0) is 54.7 Å². The number of hydrogen-bond donors (Lipinski definition) is 1. The zero-order chi connectivity index (χ0) is 19.3. The number of hydrogen-bond acceptors (Lipinski definition) is 3. The molecule has 0 spiro atoms. The normalized spacial score (nSPS) is 11.9. The van der Waals surface area contributed by atoms with Crippen LogP contribution in [-0.4, -0.2) is 18.5 Å². The minimum atomic E-state index is -0.444. The SMILES string of the molecule is Cc1ccc(C)c(NC(=O)COC(=O)[C@H](c2ccc(Cl)cc2)C(C)C)c1. The highest BCUT2D eigenvalue weighted by Gasteiger charge is 2.26. The Labute approximate surface area is 159 Å². The van der Waals surface area contributed by atoms with Crippen LogP contribution in [0.3, 0.4) is 0 Å². The molecule has 138 valence electrons. The predicted octanol–water partition coefficient (Wildman–Crippen LogP) is 4.88. The van der Waals surface area contributed by atoms with E-state index in [1.54, 1.807) is 12.1 Å². The molecule has 0 fully saturated rings. The molecular weight excluding hydrogens is 350 g/mol. The van der Waals surface area contributed by atoms with E-state index in [1.165, 1.54) is 0 Å². The van der Waals surface area contributed by atoms with Gasteiger partial charge in [-0.2, -0.15) is 0 Å². The molecule has 0 aromatic heterocycles. The van der Waals surface area contributed by atoms with Crippen LogP contribution in [0.15, 0.2) is 42.5 Å². The molecule has 0 aliphatic rings. The average molecular weight is 374 g/mol. The molecule has 2 rings (SSSR count). The fourth-order valence-corrected chi connectivity index (χ4v) is 2.87. The third-order valence-corrected chi connectivity index (χ3v) is 4.41. The van der Waals surface area contributed by atoms with Crippen molar-refractivity contribution in [1.29, 1.82) is 0 Å². The van der Waals surface area contributed by atoms with Crippen molar-refractivity contribution in [2.45, 2.75) is 33.6 Å². The van der Waals surface area contributed by atoms with Crippen LogP contribution in [0.1, 0.15) is 36.5 Å². The van der Waals surface area contributed by atoms with Gasteiger partial charge in [-0.3, -0.25) is 9.59 Å². The molecule has 0 saturated heterocycles. The molecule has 26 heavy (non-hydrogen) atoms. The van der Waals surface area contributed by atoms with Crippen LogP contribution in [0.4, 0.5) is 5.69 Å². The van der Waals surface area contributed by atoms with E-state index in [9.17, 15) is 9.59 Å². The Kier molecular flexibility index (Phi) is 6.81. The van der Waals surface area contributed by atoms with E-state index in [0.29, 0.717) is 5.02 Å². The van der Waals surface area contributed by atoms with Crippen molar-refractivity contribution in [3.8, 4) is 0 Å². The summed E-state index contributed by atoms with van der Waals surface area (Å²) in [5.41, 5.74) is 3.55. The summed E-state index contributed by atoms with van der Waals surface area (Å²) < 4.78 is 5.27. The summed E-state index contributed by atoms with van der Waals surface area (Å²) in [5, 5.41) is 3.40. The van der Waals surface area contributed by atoms with Crippen LogP contribution in [0.5, 0.6) is 0 Å². The number of aryl methyl sites for hydroxylation is 2. The van der Waals surface area contributed by atoms with E-state index in [1.807, 2.05) is 58.0 Å². The van der Waals surface area contributed by atoms with Gasteiger partial charge in [0.05, 0.1) is 5.92 Å². The Morgan fingerprint density at radius 3 is 2.35 bits per heavy atom. The molecule has 5 heteroatoms. The molecular formula is C21H24ClNO3. The Morgan fingerprint density at radius 1 is 1.08 bits per heavy atom. The van der Waals surface area contributed by atoms with Crippen molar-refractivity contribution < 1.29 is 14.3 Å². The number of esters is 1. The Morgan fingerprint density at radius 2 is 1.73 bits per heavy atom. The third kappa shape index (κ3) is 5.33. The molecule has 0 heterocycles. The lowest BCUT2D eigenvalue weighted by atomic mass is 9.88. The highest BCUT2D eigenvalue weighted by atomic mass is 35.5. The van der Waals surface area contributed by atoms with Gasteiger partial charge in [-0.15, -0.1) is 0 Å². The van der Waals surface area contributed by atoms with E-state index in [0.717, 1.165) is 22.4 Å². The molecule has 0 unspecified atom stereocenters. The lowest BCUT2D eigenvalue weighted by molar-refractivity contribution is -0.149. The molecule has 4 nitrogen and oxygen atoms in total. The highest BCUT2D eigenvalue weighted by molar-refractivity contribution is 6.30. The summed E-state index contributed by atoms with van der Waals surface area (Å²) in [5.74, 6) is -1.18. The van der Waals surface area contributed by atoms with Crippen LogP contribution < -0.4 is 5.32 Å². The lowest BCUT2D eigenvalue weighted by Crippen LogP contribution is -2.26. The van der Waals surface area contributed by atoms with Crippen LogP contribution in [-0.2, 0) is 14.3 Å². The summed E-state index contributed by atoms with van der Waals surface area (Å²) in [7, 11) is 0. The standard InChI is InChI=1S/C21H24ClNO3/c1-13(2)20(16-7-9-17(22)10-8-16)21(25)26-12-19(24)23-18-11-14(3)5-6-15(18)4/h5-11,13,20H,12H2,1-4H3,(H,23,24)/t20-/m0/s1. The first-order valence-corrected chi connectivity index (χ1v) is 8.95. The first-order chi connectivity index (χ1) is 12.3. The maximum absolute atomic E-state index is 12.5. The number of ether oxygens (including phenoxy) is 1. The van der Waals surface area contributed by atoms with Crippen molar-refractivity contribution in [3.63, 3.8) is 0 Å². The quantitative estimate of drug-likeness (QED) is 0.734. The average Bonchev–Trinajstić information content (AvgIpc) is 2.58. The van der Waals surface area contributed by atoms with Gasteiger partial charge in [0, 0.05) is 10.7 Å². The van der Waals surface area contributed by atoms with Gasteiger partial charge in [-0.1, -0.05) is 49.7 Å².